The molecule has 0 radical (unpaired) electrons. The second kappa shape index (κ2) is 7.39. The molecule has 0 atom stereocenters. The number of nitro groups is 1. The lowest BCUT2D eigenvalue weighted by atomic mass is 10.1. The van der Waals surface area contributed by atoms with E-state index in [1.54, 1.807) is 6.07 Å². The van der Waals surface area contributed by atoms with Gasteiger partial charge in [0, 0.05) is 17.5 Å². The summed E-state index contributed by atoms with van der Waals surface area (Å²) < 4.78 is 5.45. The van der Waals surface area contributed by atoms with Crippen molar-refractivity contribution < 1.29 is 19.6 Å². The van der Waals surface area contributed by atoms with Crippen molar-refractivity contribution in [2.24, 2.45) is 10.2 Å². The van der Waals surface area contributed by atoms with Crippen LogP contribution in [0.4, 0.5) is 11.4 Å². The van der Waals surface area contributed by atoms with Gasteiger partial charge in [-0.05, 0) is 29.0 Å². The molecule has 9 nitrogen and oxygen atoms in total. The second-order valence-corrected chi connectivity index (χ2v) is 6.20. The van der Waals surface area contributed by atoms with Gasteiger partial charge in [-0.1, -0.05) is 30.3 Å². The van der Waals surface area contributed by atoms with E-state index in [9.17, 15) is 20.0 Å². The second-order valence-electron chi connectivity index (χ2n) is 6.20. The number of ether oxygens (including phenoxy) is 1. The van der Waals surface area contributed by atoms with Crippen LogP contribution in [-0.4, -0.2) is 27.5 Å². The predicted octanol–water partition coefficient (Wildman–Crippen LogP) is 4.62. The quantitative estimate of drug-likeness (QED) is 0.292. The Balaban J connectivity index is 1.49. The van der Waals surface area contributed by atoms with Crippen molar-refractivity contribution in [2.75, 3.05) is 6.61 Å². The lowest BCUT2D eigenvalue weighted by molar-refractivity contribution is -0.384. The Hall–Kier alpha value is -4.27. The molecule has 3 aromatic carbocycles. The molecule has 1 aromatic heterocycles. The summed E-state index contributed by atoms with van der Waals surface area (Å²) >= 11 is 0. The van der Waals surface area contributed by atoms with Crippen molar-refractivity contribution >= 4 is 39.0 Å². The van der Waals surface area contributed by atoms with Crippen molar-refractivity contribution in [3.8, 4) is 11.6 Å². The number of aromatic hydroxyl groups is 1. The van der Waals surface area contributed by atoms with Gasteiger partial charge in [-0.3, -0.25) is 14.9 Å². The minimum absolute atomic E-state index is 0.0530. The van der Waals surface area contributed by atoms with Crippen LogP contribution in [-0.2, 0) is 4.79 Å². The fourth-order valence-electron chi connectivity index (χ4n) is 2.90. The molecule has 0 saturated heterocycles. The van der Waals surface area contributed by atoms with E-state index in [0.717, 1.165) is 10.8 Å². The highest BCUT2D eigenvalue weighted by atomic mass is 16.6. The summed E-state index contributed by atoms with van der Waals surface area (Å²) in [4.78, 5) is 25.0. The van der Waals surface area contributed by atoms with Crippen LogP contribution >= 0.6 is 0 Å². The number of H-pyrrole nitrogens is 1. The maximum absolute atomic E-state index is 12.0. The summed E-state index contributed by atoms with van der Waals surface area (Å²) in [7, 11) is 0. The third kappa shape index (κ3) is 3.74. The molecule has 0 aliphatic rings. The van der Waals surface area contributed by atoms with E-state index < -0.39 is 10.8 Å². The van der Waals surface area contributed by atoms with Crippen LogP contribution in [0.15, 0.2) is 70.9 Å². The molecule has 0 aliphatic carbocycles. The van der Waals surface area contributed by atoms with Crippen LogP contribution in [0.1, 0.15) is 0 Å². The third-order valence-corrected chi connectivity index (χ3v) is 4.29. The number of nitrogens with one attached hydrogen (secondary N) is 1. The van der Waals surface area contributed by atoms with Gasteiger partial charge in [-0.15, -0.1) is 10.2 Å². The topological polar surface area (TPSA) is 130 Å². The maximum Gasteiger partial charge on any atom is 0.302 e. The molecular formula is C20H14N4O5. The zero-order valence-corrected chi connectivity index (χ0v) is 14.9. The number of fused-ring (bicyclic) bond motifs is 2. The summed E-state index contributed by atoms with van der Waals surface area (Å²) in [6.45, 7) is -0.342. The highest BCUT2D eigenvalue weighted by molar-refractivity contribution is 5.95. The molecule has 0 unspecified atom stereocenters. The first-order valence-electron chi connectivity index (χ1n) is 8.56. The average Bonchev–Trinajstić information content (AvgIpc) is 3.04. The maximum atomic E-state index is 12.0. The van der Waals surface area contributed by atoms with Gasteiger partial charge in [-0.2, -0.15) is 0 Å². The Morgan fingerprint density at radius 1 is 1.10 bits per heavy atom. The van der Waals surface area contributed by atoms with Crippen LogP contribution in [0.25, 0.3) is 21.7 Å². The molecular weight excluding hydrogens is 376 g/mol. The molecule has 0 bridgehead atoms. The smallest absolute Gasteiger partial charge is 0.302 e. The molecule has 1 heterocycles. The number of non-ortho nitro benzene ring substituents is 1. The van der Waals surface area contributed by atoms with Crippen LogP contribution in [0.5, 0.6) is 11.6 Å². The number of nitro benzene ring substituents is 1. The molecule has 0 aliphatic heterocycles. The molecule has 144 valence electrons. The van der Waals surface area contributed by atoms with Crippen molar-refractivity contribution in [1.82, 2.24) is 4.98 Å². The molecule has 0 fully saturated rings. The van der Waals surface area contributed by atoms with Gasteiger partial charge in [-0.25, -0.2) is 0 Å². The lowest BCUT2D eigenvalue weighted by Gasteiger charge is -2.04. The van der Waals surface area contributed by atoms with E-state index in [-0.39, 0.29) is 29.2 Å². The number of aromatic nitrogens is 1. The number of hydrogen-bond acceptors (Lipinski definition) is 6. The van der Waals surface area contributed by atoms with E-state index in [0.29, 0.717) is 11.3 Å². The van der Waals surface area contributed by atoms with Crippen LogP contribution in [0.2, 0.25) is 0 Å². The summed E-state index contributed by atoms with van der Waals surface area (Å²) in [6.07, 6.45) is 0. The number of nitrogens with zero attached hydrogens (tertiary/aromatic N) is 3. The number of rotatable bonds is 5. The van der Waals surface area contributed by atoms with E-state index in [2.05, 4.69) is 15.2 Å². The first-order chi connectivity index (χ1) is 14.0. The molecule has 0 spiro atoms. The molecule has 9 heteroatoms. The van der Waals surface area contributed by atoms with E-state index in [4.69, 9.17) is 4.74 Å². The van der Waals surface area contributed by atoms with Crippen molar-refractivity contribution in [1.29, 1.82) is 0 Å². The number of carbonyl (C=O) groups excluding carboxylic acids is 1. The summed E-state index contributed by atoms with van der Waals surface area (Å²) in [5.41, 5.74) is 0.212. The SMILES string of the molecule is O=C(COc1ccc2ccccc2c1)N=Nc1c(O)[nH]c2ccc([N+](=O)[O-])cc12. The molecule has 4 aromatic rings. The van der Waals surface area contributed by atoms with E-state index in [1.807, 2.05) is 36.4 Å². The molecule has 4 rings (SSSR count). The Bertz CT molecular complexity index is 1280. The fourth-order valence-corrected chi connectivity index (χ4v) is 2.90. The van der Waals surface area contributed by atoms with Crippen LogP contribution < -0.4 is 4.74 Å². The summed E-state index contributed by atoms with van der Waals surface area (Å²) in [5.74, 6) is -0.498. The normalized spacial score (nSPS) is 11.3. The van der Waals surface area contributed by atoms with Gasteiger partial charge in [0.05, 0.1) is 10.4 Å². The van der Waals surface area contributed by atoms with Gasteiger partial charge in [0.1, 0.15) is 5.75 Å². The first kappa shape index (κ1) is 18.1. The zero-order valence-electron chi connectivity index (χ0n) is 14.9. The standard InChI is InChI=1S/C20H14N4O5/c25-18(11-29-15-7-5-12-3-1-2-4-13(12)9-15)22-23-19-16-10-14(24(27)28)6-8-17(16)21-20(19)26/h1-10,21,26H,11H2. The number of hydrogen-bond donors (Lipinski definition) is 2. The monoisotopic (exact) mass is 390 g/mol. The Labute approximate surface area is 163 Å². The molecule has 29 heavy (non-hydrogen) atoms. The molecule has 2 N–H and O–H groups in total. The third-order valence-electron chi connectivity index (χ3n) is 4.29. The highest BCUT2D eigenvalue weighted by Crippen LogP contribution is 2.37. The minimum Gasteiger partial charge on any atom is -0.493 e. The number of aromatic amines is 1. The van der Waals surface area contributed by atoms with Crippen molar-refractivity contribution in [3.63, 3.8) is 0 Å². The lowest BCUT2D eigenvalue weighted by Crippen LogP contribution is -2.07. The van der Waals surface area contributed by atoms with Gasteiger partial charge in [0.25, 0.3) is 5.69 Å². The van der Waals surface area contributed by atoms with Gasteiger partial charge in [0.2, 0.25) is 5.88 Å². The number of carbonyl (C=O) groups is 1. The van der Waals surface area contributed by atoms with Crippen LogP contribution in [0, 0.1) is 10.1 Å². The number of amides is 1. The molecule has 1 amide bonds. The largest absolute Gasteiger partial charge is 0.493 e. The Morgan fingerprint density at radius 3 is 2.69 bits per heavy atom. The Morgan fingerprint density at radius 2 is 1.90 bits per heavy atom. The first-order valence-corrected chi connectivity index (χ1v) is 8.56. The van der Waals surface area contributed by atoms with E-state index in [1.165, 1.54) is 18.2 Å². The highest BCUT2D eigenvalue weighted by Gasteiger charge is 2.15. The van der Waals surface area contributed by atoms with Crippen LogP contribution in [0.3, 0.4) is 0 Å². The fraction of sp³-hybridized carbons (Fsp3) is 0.0500. The summed E-state index contributed by atoms with van der Waals surface area (Å²) in [5, 5.41) is 30.5. The Kier molecular flexibility index (Phi) is 4.62. The minimum atomic E-state index is -0.669. The predicted molar refractivity (Wildman–Crippen MR) is 106 cm³/mol. The van der Waals surface area contributed by atoms with Gasteiger partial charge in [0.15, 0.2) is 12.3 Å². The average molecular weight is 390 g/mol. The number of azo groups is 1. The summed E-state index contributed by atoms with van der Waals surface area (Å²) in [6, 6.07) is 17.2. The number of benzene rings is 3. The van der Waals surface area contributed by atoms with E-state index >= 15 is 0 Å². The van der Waals surface area contributed by atoms with Crippen molar-refractivity contribution in [2.45, 2.75) is 0 Å². The van der Waals surface area contributed by atoms with Crippen molar-refractivity contribution in [3.05, 3.63) is 70.8 Å². The molecule has 0 saturated carbocycles. The van der Waals surface area contributed by atoms with Gasteiger partial charge >= 0.3 is 5.91 Å². The van der Waals surface area contributed by atoms with Gasteiger partial charge < -0.3 is 14.8 Å². The zero-order chi connectivity index (χ0) is 20.4.